The summed E-state index contributed by atoms with van der Waals surface area (Å²) < 4.78 is 16.4. The van der Waals surface area contributed by atoms with E-state index in [1.165, 1.54) is 0 Å². The van der Waals surface area contributed by atoms with Gasteiger partial charge in [0, 0.05) is 6.54 Å². The van der Waals surface area contributed by atoms with E-state index in [0.717, 1.165) is 5.56 Å². The smallest absolute Gasteiger partial charge is 0.255 e. The first-order valence-electron chi connectivity index (χ1n) is 8.52. The van der Waals surface area contributed by atoms with Gasteiger partial charge < -0.3 is 19.5 Å². The van der Waals surface area contributed by atoms with Gasteiger partial charge in [-0.1, -0.05) is 36.4 Å². The van der Waals surface area contributed by atoms with Gasteiger partial charge in [0.25, 0.3) is 5.91 Å². The zero-order valence-corrected chi connectivity index (χ0v) is 15.3. The first-order chi connectivity index (χ1) is 13.2. The molecule has 0 saturated heterocycles. The van der Waals surface area contributed by atoms with E-state index in [-0.39, 0.29) is 5.91 Å². The fourth-order valence-electron chi connectivity index (χ4n) is 2.62. The summed E-state index contributed by atoms with van der Waals surface area (Å²) in [4.78, 5) is 12.3. The molecule has 27 heavy (non-hydrogen) atoms. The zero-order valence-electron chi connectivity index (χ0n) is 15.3. The van der Waals surface area contributed by atoms with E-state index in [0.29, 0.717) is 35.1 Å². The van der Waals surface area contributed by atoms with E-state index >= 15 is 0 Å². The highest BCUT2D eigenvalue weighted by Crippen LogP contribution is 2.30. The number of methoxy groups -OCH3 is 2. The summed E-state index contributed by atoms with van der Waals surface area (Å²) in [5, 5.41) is 2.90. The molecule has 0 fully saturated rings. The number of para-hydroxylation sites is 3. The maximum Gasteiger partial charge on any atom is 0.255 e. The number of carbonyl (C=O) groups excluding carboxylic acids is 1. The molecule has 0 aliphatic carbocycles. The second kappa shape index (κ2) is 8.76. The molecule has 0 unspecified atom stereocenters. The van der Waals surface area contributed by atoms with Gasteiger partial charge in [0.15, 0.2) is 11.5 Å². The van der Waals surface area contributed by atoms with Crippen LogP contribution in [-0.4, -0.2) is 20.1 Å². The van der Waals surface area contributed by atoms with Gasteiger partial charge in [0.2, 0.25) is 0 Å². The van der Waals surface area contributed by atoms with Crippen LogP contribution < -0.4 is 19.5 Å². The summed E-state index contributed by atoms with van der Waals surface area (Å²) in [6.45, 7) is 0.409. The molecular formula is C22H21NO4. The molecule has 3 aromatic rings. The summed E-state index contributed by atoms with van der Waals surface area (Å²) in [7, 11) is 3.16. The largest absolute Gasteiger partial charge is 0.496 e. The minimum atomic E-state index is -0.179. The SMILES string of the molecule is COc1ccccc1Oc1ccc(CNC(=O)c2ccccc2OC)cc1. The lowest BCUT2D eigenvalue weighted by atomic mass is 10.1. The van der Waals surface area contributed by atoms with Crippen molar-refractivity contribution < 1.29 is 19.0 Å². The molecule has 0 aromatic heterocycles. The molecule has 5 nitrogen and oxygen atoms in total. The Morgan fingerprint density at radius 3 is 2.04 bits per heavy atom. The first kappa shape index (κ1) is 18.3. The number of nitrogens with one attached hydrogen (secondary N) is 1. The van der Waals surface area contributed by atoms with Gasteiger partial charge in [0.1, 0.15) is 11.5 Å². The Morgan fingerprint density at radius 1 is 0.778 bits per heavy atom. The van der Waals surface area contributed by atoms with Gasteiger partial charge in [-0.15, -0.1) is 0 Å². The molecule has 0 heterocycles. The monoisotopic (exact) mass is 363 g/mol. The number of hydrogen-bond donors (Lipinski definition) is 1. The number of ether oxygens (including phenoxy) is 3. The number of rotatable bonds is 7. The number of carbonyl (C=O) groups is 1. The van der Waals surface area contributed by atoms with Crippen molar-refractivity contribution in [1.29, 1.82) is 0 Å². The second-order valence-electron chi connectivity index (χ2n) is 5.78. The van der Waals surface area contributed by atoms with Crippen molar-refractivity contribution in [3.63, 3.8) is 0 Å². The van der Waals surface area contributed by atoms with Gasteiger partial charge in [0.05, 0.1) is 19.8 Å². The van der Waals surface area contributed by atoms with Crippen LogP contribution in [0.5, 0.6) is 23.0 Å². The third kappa shape index (κ3) is 4.58. The maximum atomic E-state index is 12.3. The predicted octanol–water partition coefficient (Wildman–Crippen LogP) is 4.43. The molecule has 0 atom stereocenters. The fourth-order valence-corrected chi connectivity index (χ4v) is 2.62. The summed E-state index contributed by atoms with van der Waals surface area (Å²) in [6, 6.07) is 22.1. The third-order valence-electron chi connectivity index (χ3n) is 4.02. The lowest BCUT2D eigenvalue weighted by Gasteiger charge is -2.11. The summed E-state index contributed by atoms with van der Waals surface area (Å²) in [5.74, 6) is 2.39. The van der Waals surface area contributed by atoms with Crippen molar-refractivity contribution in [2.24, 2.45) is 0 Å². The minimum Gasteiger partial charge on any atom is -0.496 e. The number of benzene rings is 3. The molecule has 0 saturated carbocycles. The van der Waals surface area contributed by atoms with Gasteiger partial charge in [-0.2, -0.15) is 0 Å². The number of amides is 1. The van der Waals surface area contributed by atoms with Gasteiger partial charge in [-0.25, -0.2) is 0 Å². The quantitative estimate of drug-likeness (QED) is 0.675. The molecule has 0 bridgehead atoms. The molecule has 0 radical (unpaired) electrons. The van der Waals surface area contributed by atoms with E-state index in [1.807, 2.05) is 54.6 Å². The average molecular weight is 363 g/mol. The second-order valence-corrected chi connectivity index (χ2v) is 5.78. The van der Waals surface area contributed by atoms with E-state index in [2.05, 4.69) is 5.32 Å². The fraction of sp³-hybridized carbons (Fsp3) is 0.136. The van der Waals surface area contributed by atoms with Crippen LogP contribution in [0, 0.1) is 0 Å². The van der Waals surface area contributed by atoms with Crippen LogP contribution in [0.15, 0.2) is 72.8 Å². The van der Waals surface area contributed by atoms with Gasteiger partial charge in [-0.05, 0) is 42.0 Å². The van der Waals surface area contributed by atoms with E-state index in [9.17, 15) is 4.79 Å². The lowest BCUT2D eigenvalue weighted by Crippen LogP contribution is -2.23. The lowest BCUT2D eigenvalue weighted by molar-refractivity contribution is 0.0948. The Labute approximate surface area is 158 Å². The van der Waals surface area contributed by atoms with Gasteiger partial charge in [-0.3, -0.25) is 4.79 Å². The predicted molar refractivity (Wildman–Crippen MR) is 104 cm³/mol. The standard InChI is InChI=1S/C22H21NO4/c1-25-19-8-4-3-7-18(19)22(24)23-15-16-11-13-17(14-12-16)27-21-10-6-5-9-20(21)26-2/h3-14H,15H2,1-2H3,(H,23,24). The molecule has 1 N–H and O–H groups in total. The Balaban J connectivity index is 1.62. The molecule has 3 rings (SSSR count). The highest BCUT2D eigenvalue weighted by Gasteiger charge is 2.11. The van der Waals surface area contributed by atoms with Crippen molar-refractivity contribution in [2.75, 3.05) is 14.2 Å². The maximum absolute atomic E-state index is 12.3. The molecule has 5 heteroatoms. The Hall–Kier alpha value is -3.47. The molecule has 3 aromatic carbocycles. The summed E-state index contributed by atoms with van der Waals surface area (Å²) in [5.41, 5.74) is 1.47. The van der Waals surface area contributed by atoms with Crippen molar-refractivity contribution in [3.8, 4) is 23.0 Å². The molecule has 1 amide bonds. The zero-order chi connectivity index (χ0) is 19.1. The van der Waals surface area contributed by atoms with Crippen LogP contribution in [0.1, 0.15) is 15.9 Å². The molecule has 0 spiro atoms. The van der Waals surface area contributed by atoms with Crippen molar-refractivity contribution >= 4 is 5.91 Å². The van der Waals surface area contributed by atoms with E-state index < -0.39 is 0 Å². The van der Waals surface area contributed by atoms with Crippen molar-refractivity contribution in [2.45, 2.75) is 6.54 Å². The minimum absolute atomic E-state index is 0.179. The van der Waals surface area contributed by atoms with Crippen LogP contribution in [-0.2, 0) is 6.54 Å². The van der Waals surface area contributed by atoms with Crippen LogP contribution >= 0.6 is 0 Å². The van der Waals surface area contributed by atoms with E-state index in [1.54, 1.807) is 32.4 Å². The molecule has 0 aliphatic heterocycles. The summed E-state index contributed by atoms with van der Waals surface area (Å²) in [6.07, 6.45) is 0. The first-order valence-corrected chi connectivity index (χ1v) is 8.52. The molecular weight excluding hydrogens is 342 g/mol. The van der Waals surface area contributed by atoms with Crippen LogP contribution in [0.2, 0.25) is 0 Å². The van der Waals surface area contributed by atoms with E-state index in [4.69, 9.17) is 14.2 Å². The van der Waals surface area contributed by atoms with Crippen molar-refractivity contribution in [3.05, 3.63) is 83.9 Å². The highest BCUT2D eigenvalue weighted by atomic mass is 16.5. The Kier molecular flexibility index (Phi) is 5.94. The van der Waals surface area contributed by atoms with Crippen LogP contribution in [0.3, 0.4) is 0 Å². The van der Waals surface area contributed by atoms with Crippen molar-refractivity contribution in [1.82, 2.24) is 5.32 Å². The molecule has 0 aliphatic rings. The van der Waals surface area contributed by atoms with Crippen LogP contribution in [0.4, 0.5) is 0 Å². The Bertz CT molecular complexity index is 906. The normalized spacial score (nSPS) is 10.1. The van der Waals surface area contributed by atoms with Crippen LogP contribution in [0.25, 0.3) is 0 Å². The number of hydrogen-bond acceptors (Lipinski definition) is 4. The molecule has 138 valence electrons. The highest BCUT2D eigenvalue weighted by molar-refractivity contribution is 5.96. The third-order valence-corrected chi connectivity index (χ3v) is 4.02. The average Bonchev–Trinajstić information content (AvgIpc) is 2.73. The summed E-state index contributed by atoms with van der Waals surface area (Å²) >= 11 is 0. The van der Waals surface area contributed by atoms with Gasteiger partial charge >= 0.3 is 0 Å². The topological polar surface area (TPSA) is 56.8 Å². The Morgan fingerprint density at radius 2 is 1.37 bits per heavy atom.